The molecule has 0 bridgehead atoms. The zero-order chi connectivity index (χ0) is 17.0. The normalized spacial score (nSPS) is 22.7. The second-order valence-corrected chi connectivity index (χ2v) is 8.99. The Labute approximate surface area is 147 Å². The Morgan fingerprint density at radius 1 is 1.22 bits per heavy atom. The van der Waals surface area contributed by atoms with Gasteiger partial charge in [0.1, 0.15) is 0 Å². The first kappa shape index (κ1) is 18.3. The van der Waals surface area contributed by atoms with Gasteiger partial charge in [-0.1, -0.05) is 46.5 Å². The van der Waals surface area contributed by atoms with Crippen molar-refractivity contribution in [3.05, 3.63) is 29.8 Å². The molecule has 0 amide bonds. The maximum atomic E-state index is 12.6. The molecule has 0 radical (unpaired) electrons. The summed E-state index contributed by atoms with van der Waals surface area (Å²) in [5.74, 6) is 0.377. The predicted octanol–water partition coefficient (Wildman–Crippen LogP) is 2.90. The number of benzene rings is 1. The van der Waals surface area contributed by atoms with Crippen LogP contribution in [0.25, 0.3) is 0 Å². The van der Waals surface area contributed by atoms with Crippen molar-refractivity contribution in [1.82, 2.24) is 9.62 Å². The van der Waals surface area contributed by atoms with Crippen molar-refractivity contribution >= 4 is 31.9 Å². The van der Waals surface area contributed by atoms with Gasteiger partial charge in [-0.3, -0.25) is 0 Å². The van der Waals surface area contributed by atoms with Gasteiger partial charge in [0.05, 0.1) is 10.9 Å². The molecule has 5 nitrogen and oxygen atoms in total. The molecule has 0 aromatic heterocycles. The highest BCUT2D eigenvalue weighted by molar-refractivity contribution is 9.09. The summed E-state index contributed by atoms with van der Waals surface area (Å²) in [5, 5.41) is 0. The lowest BCUT2D eigenvalue weighted by atomic mass is 9.96. The zero-order valence-electron chi connectivity index (χ0n) is 13.8. The molecule has 2 atom stereocenters. The number of halogens is 1. The highest BCUT2D eigenvalue weighted by Crippen LogP contribution is 2.27. The lowest BCUT2D eigenvalue weighted by Gasteiger charge is -2.26. The molecule has 1 aliphatic rings. The number of nitrogens with zero attached hydrogens (tertiary/aromatic N) is 2. The Hall–Kier alpha value is -1.08. The molecular formula is C16H24BrN3O2S. The minimum atomic E-state index is -3.63. The second kappa shape index (κ2) is 7.66. The number of hydrogen-bond acceptors (Lipinski definition) is 3. The Morgan fingerprint density at radius 2 is 1.83 bits per heavy atom. The summed E-state index contributed by atoms with van der Waals surface area (Å²) in [5.41, 5.74) is 1.02. The van der Waals surface area contributed by atoms with E-state index in [-0.39, 0.29) is 10.9 Å². The van der Waals surface area contributed by atoms with Gasteiger partial charge in [0.15, 0.2) is 0 Å². The van der Waals surface area contributed by atoms with E-state index in [1.54, 1.807) is 43.3 Å². The molecule has 1 N–H and O–H groups in total. The van der Waals surface area contributed by atoms with Crippen LogP contribution in [-0.4, -0.2) is 44.2 Å². The zero-order valence-corrected chi connectivity index (χ0v) is 16.2. The molecule has 1 fully saturated rings. The standard InChI is InChI=1S/C16H24BrN3O2S/c1-12-8-10-13(11-9-12)23(21,22)19-16(20(2)3)18-15-7-5-4-6-14(15)17/h8-11,14-15H,4-7H2,1-3H3,(H,18,19)/t14-,15-/m0/s1. The first-order valence-electron chi connectivity index (χ1n) is 7.78. The summed E-state index contributed by atoms with van der Waals surface area (Å²) < 4.78 is 27.7. The third-order valence-electron chi connectivity index (χ3n) is 3.92. The number of hydrogen-bond donors (Lipinski definition) is 1. The van der Waals surface area contributed by atoms with Crippen molar-refractivity contribution in [2.45, 2.75) is 48.4 Å². The molecule has 23 heavy (non-hydrogen) atoms. The van der Waals surface area contributed by atoms with Crippen LogP contribution >= 0.6 is 15.9 Å². The van der Waals surface area contributed by atoms with Crippen molar-refractivity contribution in [1.29, 1.82) is 0 Å². The molecule has 0 saturated heterocycles. The smallest absolute Gasteiger partial charge is 0.264 e. The minimum absolute atomic E-state index is 0.0990. The summed E-state index contributed by atoms with van der Waals surface area (Å²) in [6.07, 6.45) is 4.36. The van der Waals surface area contributed by atoms with Crippen LogP contribution in [0.3, 0.4) is 0 Å². The van der Waals surface area contributed by atoms with Crippen LogP contribution in [0.2, 0.25) is 0 Å². The molecule has 128 valence electrons. The number of sulfonamides is 1. The van der Waals surface area contributed by atoms with E-state index in [1.165, 1.54) is 6.42 Å². The Bertz CT molecular complexity index is 656. The average Bonchev–Trinajstić information content (AvgIpc) is 2.49. The molecule has 1 aromatic carbocycles. The maximum absolute atomic E-state index is 12.6. The molecule has 0 aliphatic heterocycles. The Morgan fingerprint density at radius 3 is 2.39 bits per heavy atom. The highest BCUT2D eigenvalue weighted by Gasteiger charge is 2.24. The summed E-state index contributed by atoms with van der Waals surface area (Å²) >= 11 is 3.66. The summed E-state index contributed by atoms with van der Waals surface area (Å²) in [6, 6.07) is 6.90. The van der Waals surface area contributed by atoms with Gasteiger partial charge in [0.25, 0.3) is 10.0 Å². The van der Waals surface area contributed by atoms with E-state index in [0.717, 1.165) is 24.8 Å². The van der Waals surface area contributed by atoms with Gasteiger partial charge in [-0.15, -0.1) is 0 Å². The number of guanidine groups is 1. The Balaban J connectivity index is 2.23. The van der Waals surface area contributed by atoms with Crippen molar-refractivity contribution in [3.63, 3.8) is 0 Å². The summed E-state index contributed by atoms with van der Waals surface area (Å²) in [6.45, 7) is 1.93. The van der Waals surface area contributed by atoms with E-state index >= 15 is 0 Å². The number of nitrogens with one attached hydrogen (secondary N) is 1. The first-order valence-corrected chi connectivity index (χ1v) is 10.2. The van der Waals surface area contributed by atoms with Gasteiger partial charge in [0, 0.05) is 18.9 Å². The fourth-order valence-electron chi connectivity index (χ4n) is 2.50. The van der Waals surface area contributed by atoms with Crippen LogP contribution < -0.4 is 4.72 Å². The second-order valence-electron chi connectivity index (χ2n) is 6.13. The van der Waals surface area contributed by atoms with Gasteiger partial charge in [-0.25, -0.2) is 18.1 Å². The van der Waals surface area contributed by atoms with Gasteiger partial charge in [-0.05, 0) is 31.9 Å². The van der Waals surface area contributed by atoms with E-state index in [4.69, 9.17) is 0 Å². The molecule has 2 rings (SSSR count). The molecule has 1 saturated carbocycles. The lowest BCUT2D eigenvalue weighted by Crippen LogP contribution is -2.42. The topological polar surface area (TPSA) is 61.8 Å². The van der Waals surface area contributed by atoms with E-state index in [0.29, 0.717) is 10.8 Å². The largest absolute Gasteiger partial charge is 0.348 e. The van der Waals surface area contributed by atoms with Crippen molar-refractivity contribution in [3.8, 4) is 0 Å². The molecule has 0 spiro atoms. The lowest BCUT2D eigenvalue weighted by molar-refractivity contribution is 0.452. The molecule has 1 aromatic rings. The molecular weight excluding hydrogens is 378 g/mol. The van der Waals surface area contributed by atoms with Crippen LogP contribution in [0, 0.1) is 6.92 Å². The molecule has 1 aliphatic carbocycles. The fraction of sp³-hybridized carbons (Fsp3) is 0.562. The Kier molecular flexibility index (Phi) is 6.08. The first-order chi connectivity index (χ1) is 10.8. The predicted molar refractivity (Wildman–Crippen MR) is 97.6 cm³/mol. The molecule has 0 heterocycles. The van der Waals surface area contributed by atoms with Crippen molar-refractivity contribution in [2.24, 2.45) is 4.99 Å². The minimum Gasteiger partial charge on any atom is -0.348 e. The van der Waals surface area contributed by atoms with Crippen LogP contribution in [-0.2, 0) is 10.0 Å². The van der Waals surface area contributed by atoms with E-state index in [9.17, 15) is 8.42 Å². The SMILES string of the molecule is Cc1ccc(S(=O)(=O)NC(=N[C@H]2CCCC[C@@H]2Br)N(C)C)cc1. The maximum Gasteiger partial charge on any atom is 0.264 e. The summed E-state index contributed by atoms with van der Waals surface area (Å²) in [7, 11) is -0.0389. The highest BCUT2D eigenvalue weighted by atomic mass is 79.9. The molecule has 0 unspecified atom stereocenters. The monoisotopic (exact) mass is 401 g/mol. The van der Waals surface area contributed by atoms with Gasteiger partial charge in [-0.2, -0.15) is 0 Å². The summed E-state index contributed by atoms with van der Waals surface area (Å²) in [4.78, 5) is 6.91. The van der Waals surface area contributed by atoms with Crippen LogP contribution in [0.1, 0.15) is 31.2 Å². The third kappa shape index (κ3) is 4.94. The van der Waals surface area contributed by atoms with Crippen LogP contribution in [0.5, 0.6) is 0 Å². The van der Waals surface area contributed by atoms with E-state index < -0.39 is 10.0 Å². The van der Waals surface area contributed by atoms with Gasteiger partial charge < -0.3 is 4.90 Å². The van der Waals surface area contributed by atoms with Gasteiger partial charge >= 0.3 is 0 Å². The van der Waals surface area contributed by atoms with Crippen LogP contribution in [0.4, 0.5) is 0 Å². The quantitative estimate of drug-likeness (QED) is 0.481. The molecule has 7 heteroatoms. The number of aryl methyl sites for hydroxylation is 1. The van der Waals surface area contributed by atoms with Crippen LogP contribution in [0.15, 0.2) is 34.2 Å². The number of alkyl halides is 1. The van der Waals surface area contributed by atoms with E-state index in [1.807, 2.05) is 6.92 Å². The van der Waals surface area contributed by atoms with E-state index in [2.05, 4.69) is 25.6 Å². The fourth-order valence-corrected chi connectivity index (χ4v) is 4.29. The third-order valence-corrected chi connectivity index (χ3v) is 6.33. The number of aliphatic imine (C=N–C) groups is 1. The average molecular weight is 402 g/mol. The van der Waals surface area contributed by atoms with Gasteiger partial charge in [0.2, 0.25) is 5.96 Å². The van der Waals surface area contributed by atoms with Crippen molar-refractivity contribution < 1.29 is 8.42 Å². The van der Waals surface area contributed by atoms with Crippen molar-refractivity contribution in [2.75, 3.05) is 14.1 Å². The number of rotatable bonds is 3.